The van der Waals surface area contributed by atoms with Crippen LogP contribution in [0.3, 0.4) is 0 Å². The number of hydrogen-bond acceptors (Lipinski definition) is 9. The topological polar surface area (TPSA) is 89.5 Å². The summed E-state index contributed by atoms with van der Waals surface area (Å²) in [5.74, 6) is 1.02. The number of aromatic nitrogens is 2. The van der Waals surface area contributed by atoms with E-state index in [0.29, 0.717) is 48.6 Å². The van der Waals surface area contributed by atoms with Crippen LogP contribution in [0.1, 0.15) is 89.7 Å². The van der Waals surface area contributed by atoms with Crippen LogP contribution in [0.25, 0.3) is 22.0 Å². The summed E-state index contributed by atoms with van der Waals surface area (Å²) in [4.78, 5) is 29.2. The minimum atomic E-state index is -0.898. The van der Waals surface area contributed by atoms with E-state index in [1.165, 1.54) is 0 Å². The molecule has 5 heterocycles. The van der Waals surface area contributed by atoms with Crippen LogP contribution in [0.2, 0.25) is 0 Å². The summed E-state index contributed by atoms with van der Waals surface area (Å²) in [5.41, 5.74) is 2.71. The van der Waals surface area contributed by atoms with Crippen LogP contribution in [0.15, 0.2) is 24.3 Å². The summed E-state index contributed by atoms with van der Waals surface area (Å²) in [7, 11) is 1.58. The van der Waals surface area contributed by atoms with Crippen LogP contribution >= 0.6 is 0 Å². The first-order chi connectivity index (χ1) is 24.9. The van der Waals surface area contributed by atoms with Gasteiger partial charge in [-0.3, -0.25) is 9.80 Å². The van der Waals surface area contributed by atoms with E-state index in [4.69, 9.17) is 28.9 Å². The van der Waals surface area contributed by atoms with E-state index in [0.717, 1.165) is 68.2 Å². The van der Waals surface area contributed by atoms with E-state index in [-0.39, 0.29) is 49.0 Å². The molecule has 5 aliphatic rings. The predicted molar refractivity (Wildman–Crippen MR) is 194 cm³/mol. The number of rotatable bonds is 8. The molecule has 0 N–H and O–H groups in total. The Labute approximate surface area is 304 Å². The van der Waals surface area contributed by atoms with E-state index in [1.54, 1.807) is 7.11 Å². The third-order valence-electron chi connectivity index (χ3n) is 11.8. The first-order valence-corrected chi connectivity index (χ1v) is 19.0. The Bertz CT molecular complexity index is 1840. The summed E-state index contributed by atoms with van der Waals surface area (Å²) in [6.07, 6.45) is 5.70. The van der Waals surface area contributed by atoms with Gasteiger partial charge in [0.25, 0.3) is 0 Å². The number of alkyl halides is 1. The minimum absolute atomic E-state index is 0.0686. The predicted octanol–water partition coefficient (Wildman–Crippen LogP) is 7.40. The lowest BCUT2D eigenvalue weighted by atomic mass is 9.79. The maximum atomic E-state index is 17.3. The number of nitrogens with zero attached hydrogens (tertiary/aromatic N) is 5. The molecule has 3 aromatic rings. The molecule has 0 radical (unpaired) electrons. The zero-order valence-corrected chi connectivity index (χ0v) is 31.1. The maximum Gasteiger partial charge on any atom is 0.410 e. The summed E-state index contributed by atoms with van der Waals surface area (Å²) in [6, 6.07) is 7.67. The fraction of sp³-hybridized carbons (Fsp3) is 0.625. The van der Waals surface area contributed by atoms with Crippen molar-refractivity contribution < 1.29 is 32.5 Å². The van der Waals surface area contributed by atoms with Crippen molar-refractivity contribution in [3.63, 3.8) is 0 Å². The smallest absolute Gasteiger partial charge is 0.410 e. The Morgan fingerprint density at radius 2 is 1.81 bits per heavy atom. The molecule has 12 heteroatoms. The largest absolute Gasteiger partial charge is 0.468 e. The number of fused-ring (bicyclic) bond motifs is 5. The average Bonchev–Trinajstić information content (AvgIpc) is 3.72. The highest BCUT2D eigenvalue weighted by Crippen LogP contribution is 2.45. The molecule has 5 atom stereocenters. The summed E-state index contributed by atoms with van der Waals surface area (Å²) in [6.45, 7) is 10.5. The molecule has 4 aliphatic heterocycles. The van der Waals surface area contributed by atoms with Gasteiger partial charge in [-0.15, -0.1) is 0 Å². The van der Waals surface area contributed by atoms with Crippen molar-refractivity contribution in [2.75, 3.05) is 51.6 Å². The molecule has 1 amide bonds. The normalized spacial score (nSPS) is 27.2. The second-order valence-corrected chi connectivity index (χ2v) is 16.6. The number of aryl methyl sites for hydroxylation is 1. The maximum absolute atomic E-state index is 17.3. The van der Waals surface area contributed by atoms with Crippen LogP contribution in [-0.4, -0.2) is 102 Å². The molecule has 4 fully saturated rings. The Kier molecular flexibility index (Phi) is 9.21. The highest BCUT2D eigenvalue weighted by Gasteiger charge is 2.50. The highest BCUT2D eigenvalue weighted by atomic mass is 19.1. The number of anilines is 1. The number of methoxy groups -OCH3 is 1. The molecule has 4 saturated heterocycles. The van der Waals surface area contributed by atoms with Gasteiger partial charge in [0, 0.05) is 44.1 Å². The number of carbonyl (C=O) groups excluding carboxylic acids is 1. The van der Waals surface area contributed by atoms with Crippen LogP contribution in [0.5, 0.6) is 11.8 Å². The van der Waals surface area contributed by atoms with Crippen molar-refractivity contribution in [2.24, 2.45) is 0 Å². The first-order valence-electron chi connectivity index (χ1n) is 19.0. The molecule has 280 valence electrons. The molecule has 1 aliphatic carbocycles. The second-order valence-electron chi connectivity index (χ2n) is 16.6. The minimum Gasteiger partial charge on any atom is -0.468 e. The fourth-order valence-corrected chi connectivity index (χ4v) is 9.62. The van der Waals surface area contributed by atoms with Gasteiger partial charge in [-0.05, 0) is 113 Å². The quantitative estimate of drug-likeness (QED) is 0.221. The molecular formula is C40H51F2N5O5. The average molecular weight is 720 g/mol. The number of amides is 1. The van der Waals surface area contributed by atoms with Crippen molar-refractivity contribution in [1.82, 2.24) is 19.8 Å². The molecule has 0 saturated carbocycles. The summed E-state index contributed by atoms with van der Waals surface area (Å²) >= 11 is 0. The van der Waals surface area contributed by atoms with Gasteiger partial charge < -0.3 is 23.8 Å². The van der Waals surface area contributed by atoms with E-state index in [9.17, 15) is 9.18 Å². The van der Waals surface area contributed by atoms with E-state index < -0.39 is 23.1 Å². The van der Waals surface area contributed by atoms with Gasteiger partial charge >= 0.3 is 12.1 Å². The second kappa shape index (κ2) is 13.6. The number of piperazine rings is 1. The number of halogens is 2. The third-order valence-corrected chi connectivity index (χ3v) is 11.8. The van der Waals surface area contributed by atoms with Gasteiger partial charge in [0.05, 0.1) is 17.6 Å². The van der Waals surface area contributed by atoms with Crippen molar-refractivity contribution in [3.8, 4) is 22.9 Å². The Balaban J connectivity index is 1.20. The molecule has 1 unspecified atom stereocenters. The van der Waals surface area contributed by atoms with Crippen LogP contribution in [-0.2, 0) is 15.9 Å². The van der Waals surface area contributed by atoms with Crippen molar-refractivity contribution >= 4 is 22.8 Å². The fourth-order valence-electron chi connectivity index (χ4n) is 9.62. The number of hydrogen-bond donors (Lipinski definition) is 0. The van der Waals surface area contributed by atoms with E-state index >= 15 is 4.39 Å². The van der Waals surface area contributed by atoms with Crippen molar-refractivity contribution in [3.05, 3.63) is 41.2 Å². The van der Waals surface area contributed by atoms with Crippen LogP contribution < -0.4 is 14.4 Å². The zero-order valence-electron chi connectivity index (χ0n) is 31.1. The Morgan fingerprint density at radius 1 is 1.02 bits per heavy atom. The lowest BCUT2D eigenvalue weighted by molar-refractivity contribution is 0.0122. The lowest BCUT2D eigenvalue weighted by Crippen LogP contribution is -2.57. The van der Waals surface area contributed by atoms with Crippen LogP contribution in [0.4, 0.5) is 19.4 Å². The Hall–Kier alpha value is -3.77. The van der Waals surface area contributed by atoms with E-state index in [2.05, 4.69) is 22.8 Å². The van der Waals surface area contributed by atoms with Gasteiger partial charge in [0.1, 0.15) is 35.5 Å². The number of benzene rings is 2. The molecule has 10 nitrogen and oxygen atoms in total. The SMILES string of the molecule is COCOc1cc2c(c(-c3ccc4c(N5C[C@H]6CC[C@@H](C5)N6C(=O)OC(C)(C)C)nc(OC[C@@]56CCCN5C[C@H](F)C6)nc4c3F)c1)C(C)CCC2. The molecule has 2 bridgehead atoms. The van der Waals surface area contributed by atoms with Crippen molar-refractivity contribution in [2.45, 2.75) is 114 Å². The molecule has 2 aromatic carbocycles. The number of carbonyl (C=O) groups is 1. The van der Waals surface area contributed by atoms with E-state index in [1.807, 2.05) is 43.9 Å². The van der Waals surface area contributed by atoms with Crippen LogP contribution in [0, 0.1) is 5.82 Å². The summed E-state index contributed by atoms with van der Waals surface area (Å²) in [5, 5.41) is 0.581. The van der Waals surface area contributed by atoms with Crippen molar-refractivity contribution in [1.29, 1.82) is 0 Å². The molecule has 1 aromatic heterocycles. The molecule has 0 spiro atoms. The lowest BCUT2D eigenvalue weighted by Gasteiger charge is -2.42. The molecule has 8 rings (SSSR count). The van der Waals surface area contributed by atoms with Gasteiger partial charge in [-0.1, -0.05) is 13.0 Å². The third kappa shape index (κ3) is 6.44. The van der Waals surface area contributed by atoms with Gasteiger partial charge in [-0.25, -0.2) is 13.6 Å². The molecular weight excluding hydrogens is 668 g/mol. The summed E-state index contributed by atoms with van der Waals surface area (Å²) < 4.78 is 55.2. The zero-order chi connectivity index (χ0) is 36.4. The standard InChI is InChI=1S/C40H51F2N5O5/c1-24-8-6-9-25-16-29(51-23-49-5)17-32(33(24)25)30-12-13-31-35(34(30)42)43-37(50-22-40-14-7-15-46(40)19-26(41)18-40)44-36(31)45-20-27-10-11-28(21-45)47(27)38(48)52-39(2,3)4/h12-13,16-17,24,26-28H,6-11,14-15,18-23H2,1-5H3/t24?,26-,27-,28+,40+/m1/s1. The van der Waals surface area contributed by atoms with Gasteiger partial charge in [0.2, 0.25) is 0 Å². The molecule has 52 heavy (non-hydrogen) atoms. The monoisotopic (exact) mass is 719 g/mol. The highest BCUT2D eigenvalue weighted by molar-refractivity contribution is 5.94. The Morgan fingerprint density at radius 3 is 2.56 bits per heavy atom. The number of ether oxygens (including phenoxy) is 4. The van der Waals surface area contributed by atoms with Gasteiger partial charge in [-0.2, -0.15) is 9.97 Å². The first kappa shape index (κ1) is 35.3. The van der Waals surface area contributed by atoms with Gasteiger partial charge in [0.15, 0.2) is 12.6 Å².